The van der Waals surface area contributed by atoms with Crippen LogP contribution >= 0.6 is 0 Å². The summed E-state index contributed by atoms with van der Waals surface area (Å²) in [7, 11) is 0. The summed E-state index contributed by atoms with van der Waals surface area (Å²) in [6.07, 6.45) is 1.10. The van der Waals surface area contributed by atoms with Crippen LogP contribution in [0.2, 0.25) is 0 Å². The number of para-hydroxylation sites is 1. The summed E-state index contributed by atoms with van der Waals surface area (Å²) in [4.78, 5) is 27.0. The lowest BCUT2D eigenvalue weighted by molar-refractivity contribution is -0.116. The molecule has 2 heterocycles. The van der Waals surface area contributed by atoms with Crippen molar-refractivity contribution in [1.82, 2.24) is 14.9 Å². The lowest BCUT2D eigenvalue weighted by Gasteiger charge is -2.29. The lowest BCUT2D eigenvalue weighted by Crippen LogP contribution is -2.38. The second-order valence-corrected chi connectivity index (χ2v) is 9.49. The number of ether oxygens (including phenoxy) is 1. The van der Waals surface area contributed by atoms with Crippen LogP contribution in [0.25, 0.3) is 22.3 Å². The van der Waals surface area contributed by atoms with Gasteiger partial charge < -0.3 is 15.0 Å². The maximum Gasteiger partial charge on any atom is 0.226 e. The normalized spacial score (nSPS) is 13.9. The first kappa shape index (κ1) is 26.6. The number of benzene rings is 3. The minimum absolute atomic E-state index is 0.170. The van der Waals surface area contributed by atoms with Crippen molar-refractivity contribution in [3.05, 3.63) is 84.4 Å². The van der Waals surface area contributed by atoms with Crippen LogP contribution in [0.15, 0.2) is 72.8 Å². The highest BCUT2D eigenvalue weighted by atomic mass is 19.1. The van der Waals surface area contributed by atoms with Gasteiger partial charge in [0, 0.05) is 55.8 Å². The molecule has 9 heteroatoms. The smallest absolute Gasteiger partial charge is 0.226 e. The van der Waals surface area contributed by atoms with Crippen molar-refractivity contribution in [2.45, 2.75) is 12.8 Å². The van der Waals surface area contributed by atoms with Crippen molar-refractivity contribution < 1.29 is 18.3 Å². The zero-order chi connectivity index (χ0) is 27.0. The number of aromatic nitrogens is 2. The first-order valence-corrected chi connectivity index (χ1v) is 13.2. The highest BCUT2D eigenvalue weighted by Gasteiger charge is 2.18. The number of carbonyl (C=O) groups excluding carboxylic acids is 1. The second-order valence-electron chi connectivity index (χ2n) is 9.49. The zero-order valence-electron chi connectivity index (χ0n) is 21.7. The van der Waals surface area contributed by atoms with Gasteiger partial charge in [0.2, 0.25) is 5.91 Å². The molecule has 0 atom stereocenters. The van der Waals surface area contributed by atoms with Crippen molar-refractivity contribution in [3.63, 3.8) is 0 Å². The van der Waals surface area contributed by atoms with Gasteiger partial charge in [-0.3, -0.25) is 9.69 Å². The van der Waals surface area contributed by atoms with Gasteiger partial charge in [-0.2, -0.15) is 0 Å². The maximum absolute atomic E-state index is 13.6. The fourth-order valence-corrected chi connectivity index (χ4v) is 4.66. The van der Waals surface area contributed by atoms with Crippen LogP contribution in [-0.4, -0.2) is 66.7 Å². The minimum atomic E-state index is -0.355. The number of morpholine rings is 1. The molecule has 39 heavy (non-hydrogen) atoms. The largest absolute Gasteiger partial charge is 0.379 e. The summed E-state index contributed by atoms with van der Waals surface area (Å²) in [5.74, 6) is 0.384. The first-order valence-electron chi connectivity index (χ1n) is 13.2. The molecule has 202 valence electrons. The van der Waals surface area contributed by atoms with Gasteiger partial charge in [0.1, 0.15) is 17.5 Å². The molecule has 0 radical (unpaired) electrons. The summed E-state index contributed by atoms with van der Waals surface area (Å²) in [5.41, 5.74) is 2.04. The van der Waals surface area contributed by atoms with Crippen molar-refractivity contribution in [2.24, 2.45) is 0 Å². The molecule has 0 bridgehead atoms. The predicted octanol–water partition coefficient (Wildman–Crippen LogP) is 5.13. The van der Waals surface area contributed by atoms with Gasteiger partial charge in [-0.1, -0.05) is 12.1 Å². The standard InChI is InChI=1S/C30H31F2N5O2/c31-23-8-6-22(7-9-23)29-34-27-5-2-1-4-26(27)30(35-29)37(16-3-15-36-18-20-39-21-19-36)17-14-28(38)33-25-12-10-24(32)11-13-25/h1-2,4-13H,3,14-21H2,(H,33,38). The van der Waals surface area contributed by atoms with E-state index in [1.807, 2.05) is 24.3 Å². The summed E-state index contributed by atoms with van der Waals surface area (Å²) in [5, 5.41) is 3.72. The third kappa shape index (κ3) is 7.13. The maximum atomic E-state index is 13.6. The first-order chi connectivity index (χ1) is 19.0. The summed E-state index contributed by atoms with van der Waals surface area (Å²) < 4.78 is 32.3. The number of hydrogen-bond acceptors (Lipinski definition) is 6. The third-order valence-electron chi connectivity index (χ3n) is 6.73. The van der Waals surface area contributed by atoms with Gasteiger partial charge >= 0.3 is 0 Å². The lowest BCUT2D eigenvalue weighted by atomic mass is 10.1. The molecule has 0 spiro atoms. The van der Waals surface area contributed by atoms with E-state index >= 15 is 0 Å². The van der Waals surface area contributed by atoms with Gasteiger partial charge in [0.25, 0.3) is 0 Å². The van der Waals surface area contributed by atoms with Crippen LogP contribution in [0.4, 0.5) is 20.3 Å². The second kappa shape index (κ2) is 12.7. The van der Waals surface area contributed by atoms with E-state index < -0.39 is 0 Å². The Labute approximate surface area is 226 Å². The Bertz CT molecular complexity index is 1390. The fraction of sp³-hybridized carbons (Fsp3) is 0.300. The molecular weight excluding hydrogens is 500 g/mol. The number of nitrogens with one attached hydrogen (secondary N) is 1. The molecule has 0 aliphatic carbocycles. The monoisotopic (exact) mass is 531 g/mol. The molecule has 1 fully saturated rings. The summed E-state index contributed by atoms with van der Waals surface area (Å²) in [6.45, 7) is 5.33. The highest BCUT2D eigenvalue weighted by molar-refractivity contribution is 5.93. The van der Waals surface area contributed by atoms with Gasteiger partial charge in [-0.05, 0) is 67.1 Å². The molecule has 1 aliphatic heterocycles. The number of fused-ring (bicyclic) bond motifs is 1. The van der Waals surface area contributed by atoms with E-state index in [4.69, 9.17) is 14.7 Å². The van der Waals surface area contributed by atoms with Crippen LogP contribution in [-0.2, 0) is 9.53 Å². The molecule has 1 saturated heterocycles. The summed E-state index contributed by atoms with van der Waals surface area (Å²) in [6, 6.07) is 19.6. The predicted molar refractivity (Wildman–Crippen MR) is 149 cm³/mol. The fourth-order valence-electron chi connectivity index (χ4n) is 4.66. The van der Waals surface area contributed by atoms with E-state index in [0.717, 1.165) is 56.0 Å². The SMILES string of the molecule is O=C(CCN(CCCN1CCOCC1)c1nc(-c2ccc(F)cc2)nc2ccccc12)Nc1ccc(F)cc1. The molecule has 1 amide bonds. The van der Waals surface area contributed by atoms with Gasteiger partial charge in [0.15, 0.2) is 5.82 Å². The Morgan fingerprint density at radius 2 is 1.59 bits per heavy atom. The van der Waals surface area contributed by atoms with Crippen molar-refractivity contribution in [3.8, 4) is 11.4 Å². The Kier molecular flexibility index (Phi) is 8.70. The van der Waals surface area contributed by atoms with E-state index in [0.29, 0.717) is 30.2 Å². The van der Waals surface area contributed by atoms with E-state index in [-0.39, 0.29) is 24.0 Å². The van der Waals surface area contributed by atoms with Gasteiger partial charge in [-0.25, -0.2) is 18.7 Å². The molecule has 1 aliphatic rings. The highest BCUT2D eigenvalue weighted by Crippen LogP contribution is 2.28. The number of nitrogens with zero attached hydrogens (tertiary/aromatic N) is 4. The van der Waals surface area contributed by atoms with Crippen LogP contribution in [0.5, 0.6) is 0 Å². The molecule has 0 saturated carbocycles. The van der Waals surface area contributed by atoms with E-state index in [1.54, 1.807) is 24.3 Å². The molecule has 1 N–H and O–H groups in total. The molecule has 4 aromatic rings. The number of amides is 1. The molecule has 7 nitrogen and oxygen atoms in total. The zero-order valence-corrected chi connectivity index (χ0v) is 21.7. The van der Waals surface area contributed by atoms with Crippen LogP contribution in [0.1, 0.15) is 12.8 Å². The Hall–Kier alpha value is -3.95. The van der Waals surface area contributed by atoms with Crippen molar-refractivity contribution in [2.75, 3.05) is 56.2 Å². The Morgan fingerprint density at radius 3 is 2.33 bits per heavy atom. The quantitative estimate of drug-likeness (QED) is 0.306. The Morgan fingerprint density at radius 1 is 0.897 bits per heavy atom. The van der Waals surface area contributed by atoms with Crippen molar-refractivity contribution >= 4 is 28.3 Å². The van der Waals surface area contributed by atoms with E-state index in [2.05, 4.69) is 15.1 Å². The van der Waals surface area contributed by atoms with Gasteiger partial charge in [-0.15, -0.1) is 0 Å². The average Bonchev–Trinajstić information content (AvgIpc) is 2.96. The van der Waals surface area contributed by atoms with Crippen molar-refractivity contribution in [1.29, 1.82) is 0 Å². The van der Waals surface area contributed by atoms with E-state index in [1.165, 1.54) is 24.3 Å². The van der Waals surface area contributed by atoms with Crippen LogP contribution in [0, 0.1) is 11.6 Å². The molecule has 3 aromatic carbocycles. The molecule has 0 unspecified atom stereocenters. The van der Waals surface area contributed by atoms with Crippen LogP contribution < -0.4 is 10.2 Å². The number of anilines is 2. The van der Waals surface area contributed by atoms with E-state index in [9.17, 15) is 13.6 Å². The van der Waals surface area contributed by atoms with Crippen LogP contribution in [0.3, 0.4) is 0 Å². The third-order valence-corrected chi connectivity index (χ3v) is 6.73. The average molecular weight is 532 g/mol. The molecule has 1 aromatic heterocycles. The molecular formula is C30H31F2N5O2. The number of hydrogen-bond donors (Lipinski definition) is 1. The number of halogens is 2. The van der Waals surface area contributed by atoms with Gasteiger partial charge in [0.05, 0.1) is 18.7 Å². The minimum Gasteiger partial charge on any atom is -0.379 e. The number of carbonyl (C=O) groups is 1. The Balaban J connectivity index is 1.40. The molecule has 5 rings (SSSR count). The summed E-state index contributed by atoms with van der Waals surface area (Å²) >= 11 is 0. The number of rotatable bonds is 10. The topological polar surface area (TPSA) is 70.6 Å².